The molecular formula is C26H27NO7S. The van der Waals surface area contributed by atoms with E-state index < -0.39 is 34.0 Å². The lowest BCUT2D eigenvalue weighted by atomic mass is 9.89. The Morgan fingerprint density at radius 2 is 1.63 bits per heavy atom. The van der Waals surface area contributed by atoms with Gasteiger partial charge in [-0.2, -0.15) is 8.42 Å². The summed E-state index contributed by atoms with van der Waals surface area (Å²) in [6.07, 6.45) is -0.216. The molecule has 0 fully saturated rings. The molecule has 0 heterocycles. The second-order valence-electron chi connectivity index (χ2n) is 7.93. The number of hydrogen-bond donors (Lipinski definition) is 1. The Hall–Kier alpha value is -3.69. The minimum Gasteiger partial charge on any atom is -0.469 e. The van der Waals surface area contributed by atoms with E-state index in [1.807, 2.05) is 25.1 Å². The fourth-order valence-corrected chi connectivity index (χ4v) is 4.30. The SMILES string of the molecule is COC(=O)CC(c1cccc(OS(=O)(=O)c2ccc(C)cc2)c1)C(N)C(=O)OCc1ccccc1. The average Bonchev–Trinajstić information content (AvgIpc) is 2.86. The molecule has 0 bridgehead atoms. The summed E-state index contributed by atoms with van der Waals surface area (Å²) in [6, 6.07) is 20.2. The van der Waals surface area contributed by atoms with Gasteiger partial charge in [0.1, 0.15) is 23.3 Å². The van der Waals surface area contributed by atoms with Gasteiger partial charge in [-0.15, -0.1) is 0 Å². The Bertz CT molecular complexity index is 1260. The molecular weight excluding hydrogens is 470 g/mol. The van der Waals surface area contributed by atoms with Crippen LogP contribution in [0, 0.1) is 6.92 Å². The average molecular weight is 498 g/mol. The number of carbonyl (C=O) groups is 2. The number of hydrogen-bond acceptors (Lipinski definition) is 8. The van der Waals surface area contributed by atoms with Crippen molar-refractivity contribution >= 4 is 22.1 Å². The molecule has 3 aromatic carbocycles. The maximum Gasteiger partial charge on any atom is 0.339 e. The minimum atomic E-state index is -4.09. The molecule has 9 heteroatoms. The van der Waals surface area contributed by atoms with Crippen LogP contribution >= 0.6 is 0 Å². The number of benzene rings is 3. The lowest BCUT2D eigenvalue weighted by Gasteiger charge is -2.22. The number of ether oxygens (including phenoxy) is 2. The van der Waals surface area contributed by atoms with Crippen molar-refractivity contribution in [1.29, 1.82) is 0 Å². The van der Waals surface area contributed by atoms with Crippen LogP contribution < -0.4 is 9.92 Å². The highest BCUT2D eigenvalue weighted by molar-refractivity contribution is 7.87. The van der Waals surface area contributed by atoms with Crippen molar-refractivity contribution < 1.29 is 31.7 Å². The molecule has 0 aliphatic carbocycles. The quantitative estimate of drug-likeness (QED) is 0.334. The van der Waals surface area contributed by atoms with Crippen molar-refractivity contribution in [2.75, 3.05) is 7.11 Å². The molecule has 0 spiro atoms. The van der Waals surface area contributed by atoms with Crippen LogP contribution in [0.3, 0.4) is 0 Å². The molecule has 2 N–H and O–H groups in total. The molecule has 8 nitrogen and oxygen atoms in total. The first kappa shape index (κ1) is 25.9. The van der Waals surface area contributed by atoms with Gasteiger partial charge in [-0.3, -0.25) is 9.59 Å². The maximum absolute atomic E-state index is 12.7. The van der Waals surface area contributed by atoms with Crippen molar-refractivity contribution in [2.24, 2.45) is 5.73 Å². The van der Waals surface area contributed by atoms with Crippen LogP contribution in [0.15, 0.2) is 83.8 Å². The molecule has 0 aromatic heterocycles. The molecule has 184 valence electrons. The molecule has 2 unspecified atom stereocenters. The van der Waals surface area contributed by atoms with Crippen LogP contribution in [-0.2, 0) is 35.8 Å². The fraction of sp³-hybridized carbons (Fsp3) is 0.231. The first-order chi connectivity index (χ1) is 16.7. The fourth-order valence-electron chi connectivity index (χ4n) is 3.38. The highest BCUT2D eigenvalue weighted by Crippen LogP contribution is 2.29. The summed E-state index contributed by atoms with van der Waals surface area (Å²) in [5, 5.41) is 0. The van der Waals surface area contributed by atoms with Gasteiger partial charge in [0, 0.05) is 5.92 Å². The summed E-state index contributed by atoms with van der Waals surface area (Å²) >= 11 is 0. The minimum absolute atomic E-state index is 0.000745. The Morgan fingerprint density at radius 1 is 0.943 bits per heavy atom. The van der Waals surface area contributed by atoms with Gasteiger partial charge in [0.05, 0.1) is 13.5 Å². The molecule has 0 aliphatic heterocycles. The number of nitrogens with two attached hydrogens (primary N) is 1. The molecule has 35 heavy (non-hydrogen) atoms. The molecule has 0 aliphatic rings. The maximum atomic E-state index is 12.7. The third-order valence-electron chi connectivity index (χ3n) is 5.35. The van der Waals surface area contributed by atoms with Crippen LogP contribution in [0.4, 0.5) is 0 Å². The third kappa shape index (κ3) is 7.14. The third-order valence-corrected chi connectivity index (χ3v) is 6.61. The van der Waals surface area contributed by atoms with Crippen molar-refractivity contribution in [3.63, 3.8) is 0 Å². The van der Waals surface area contributed by atoms with E-state index in [-0.39, 0.29) is 23.7 Å². The van der Waals surface area contributed by atoms with Crippen LogP contribution in [0.2, 0.25) is 0 Å². The lowest BCUT2D eigenvalue weighted by molar-refractivity contribution is -0.148. The molecule has 3 rings (SSSR count). The predicted molar refractivity (Wildman–Crippen MR) is 129 cm³/mol. The summed E-state index contributed by atoms with van der Waals surface area (Å²) in [5.41, 5.74) is 8.32. The number of esters is 2. The van der Waals surface area contributed by atoms with Gasteiger partial charge in [-0.05, 0) is 42.3 Å². The second-order valence-corrected chi connectivity index (χ2v) is 9.48. The number of methoxy groups -OCH3 is 1. The zero-order valence-corrected chi connectivity index (χ0v) is 20.2. The van der Waals surface area contributed by atoms with Crippen molar-refractivity contribution in [1.82, 2.24) is 0 Å². The van der Waals surface area contributed by atoms with Gasteiger partial charge < -0.3 is 19.4 Å². The predicted octanol–water partition coefficient (Wildman–Crippen LogP) is 3.48. The first-order valence-corrected chi connectivity index (χ1v) is 12.2. The summed E-state index contributed by atoms with van der Waals surface area (Å²) in [7, 11) is -2.86. The Morgan fingerprint density at radius 3 is 2.29 bits per heavy atom. The van der Waals surface area contributed by atoms with Gasteiger partial charge in [-0.1, -0.05) is 60.2 Å². The standard InChI is InChI=1S/C26H27NO7S/c1-18-11-13-22(14-12-18)35(30,31)34-21-10-6-9-20(15-21)23(16-24(28)32-2)25(27)26(29)33-17-19-7-4-3-5-8-19/h3-15,23,25H,16-17,27H2,1-2H3. The molecule has 0 radical (unpaired) electrons. The van der Waals surface area contributed by atoms with Crippen LogP contribution in [0.5, 0.6) is 5.75 Å². The van der Waals surface area contributed by atoms with E-state index in [2.05, 4.69) is 0 Å². The van der Waals surface area contributed by atoms with Gasteiger partial charge in [-0.25, -0.2) is 0 Å². The van der Waals surface area contributed by atoms with Gasteiger partial charge in [0.25, 0.3) is 0 Å². The summed E-state index contributed by atoms with van der Waals surface area (Å²) in [4.78, 5) is 24.8. The summed E-state index contributed by atoms with van der Waals surface area (Å²) in [6.45, 7) is 1.87. The smallest absolute Gasteiger partial charge is 0.339 e. The molecule has 0 amide bonds. The first-order valence-electron chi connectivity index (χ1n) is 10.8. The van der Waals surface area contributed by atoms with E-state index in [0.717, 1.165) is 11.1 Å². The van der Waals surface area contributed by atoms with E-state index in [0.29, 0.717) is 5.56 Å². The molecule has 2 atom stereocenters. The van der Waals surface area contributed by atoms with E-state index in [4.69, 9.17) is 19.4 Å². The molecule has 3 aromatic rings. The van der Waals surface area contributed by atoms with Crippen molar-refractivity contribution in [3.8, 4) is 5.75 Å². The van der Waals surface area contributed by atoms with E-state index >= 15 is 0 Å². The largest absolute Gasteiger partial charge is 0.469 e. The highest BCUT2D eigenvalue weighted by atomic mass is 32.2. The molecule has 0 saturated heterocycles. The van der Waals surface area contributed by atoms with Crippen LogP contribution in [-0.4, -0.2) is 33.5 Å². The number of aryl methyl sites for hydroxylation is 1. The van der Waals surface area contributed by atoms with Crippen LogP contribution in [0.25, 0.3) is 0 Å². The van der Waals surface area contributed by atoms with Gasteiger partial charge in [0.2, 0.25) is 0 Å². The Kier molecular flexibility index (Phi) is 8.62. The second kappa shape index (κ2) is 11.6. The van der Waals surface area contributed by atoms with E-state index in [1.165, 1.54) is 31.4 Å². The topological polar surface area (TPSA) is 122 Å². The molecule has 0 saturated carbocycles. The van der Waals surface area contributed by atoms with Crippen molar-refractivity contribution in [3.05, 3.63) is 95.6 Å². The van der Waals surface area contributed by atoms with Crippen LogP contribution in [0.1, 0.15) is 29.0 Å². The highest BCUT2D eigenvalue weighted by Gasteiger charge is 2.30. The van der Waals surface area contributed by atoms with Gasteiger partial charge >= 0.3 is 22.1 Å². The Balaban J connectivity index is 1.81. The monoisotopic (exact) mass is 497 g/mol. The number of carbonyl (C=O) groups excluding carboxylic acids is 2. The van der Waals surface area contributed by atoms with Crippen molar-refractivity contribution in [2.45, 2.75) is 36.8 Å². The normalized spacial score (nSPS) is 12.9. The number of rotatable bonds is 10. The summed E-state index contributed by atoms with van der Waals surface area (Å²) < 4.78 is 40.8. The van der Waals surface area contributed by atoms with E-state index in [9.17, 15) is 18.0 Å². The Labute approximate surface area is 204 Å². The zero-order chi connectivity index (χ0) is 25.4. The lowest BCUT2D eigenvalue weighted by Crippen LogP contribution is -2.39. The van der Waals surface area contributed by atoms with E-state index in [1.54, 1.807) is 36.4 Å². The van der Waals surface area contributed by atoms with Gasteiger partial charge in [0.15, 0.2) is 0 Å². The zero-order valence-electron chi connectivity index (χ0n) is 19.4. The summed E-state index contributed by atoms with van der Waals surface area (Å²) in [5.74, 6) is -2.11.